The molecule has 202 valence electrons. The fourth-order valence-corrected chi connectivity index (χ4v) is 4.61. The van der Waals surface area contributed by atoms with E-state index >= 15 is 0 Å². The third-order valence-corrected chi connectivity index (χ3v) is 6.46. The second-order valence-corrected chi connectivity index (χ2v) is 10.7. The number of thiol groups is 1. The van der Waals surface area contributed by atoms with Crippen molar-refractivity contribution in [3.8, 4) is 0 Å². The molecule has 7 nitrogen and oxygen atoms in total. The Bertz CT molecular complexity index is 1320. The van der Waals surface area contributed by atoms with Gasteiger partial charge in [0.05, 0.1) is 0 Å². The Hall–Kier alpha value is -3.52. The topological polar surface area (TPSA) is 87.7 Å². The molecule has 0 aliphatic rings. The summed E-state index contributed by atoms with van der Waals surface area (Å²) in [6.45, 7) is 11.2. The monoisotopic (exact) mass is 535 g/mol. The molecule has 0 aromatic heterocycles. The Labute approximate surface area is 230 Å². The molecule has 3 rings (SSSR count). The highest BCUT2D eigenvalue weighted by Gasteiger charge is 2.35. The van der Waals surface area contributed by atoms with Gasteiger partial charge >= 0.3 is 6.09 Å². The van der Waals surface area contributed by atoms with E-state index in [0.29, 0.717) is 11.3 Å². The van der Waals surface area contributed by atoms with Crippen molar-refractivity contribution < 1.29 is 19.1 Å². The van der Waals surface area contributed by atoms with E-state index in [2.05, 4.69) is 23.3 Å². The lowest BCUT2D eigenvalue weighted by atomic mass is 9.96. The van der Waals surface area contributed by atoms with Crippen LogP contribution in [-0.2, 0) is 14.3 Å². The van der Waals surface area contributed by atoms with E-state index in [4.69, 9.17) is 4.74 Å². The zero-order valence-corrected chi connectivity index (χ0v) is 23.8. The molecular weight excluding hydrogens is 498 g/mol. The number of benzene rings is 3. The van der Waals surface area contributed by atoms with Crippen LogP contribution in [0.25, 0.3) is 10.8 Å². The van der Waals surface area contributed by atoms with Crippen LogP contribution in [0.4, 0.5) is 10.5 Å². The highest BCUT2D eigenvalue weighted by atomic mass is 32.1. The Morgan fingerprint density at radius 3 is 2.26 bits per heavy atom. The van der Waals surface area contributed by atoms with E-state index in [1.165, 1.54) is 4.90 Å². The third kappa shape index (κ3) is 7.28. The molecular formula is C30H37N3O4S. The number of nitrogens with one attached hydrogen (secondary N) is 2. The van der Waals surface area contributed by atoms with Crippen molar-refractivity contribution in [1.29, 1.82) is 0 Å². The molecule has 0 heterocycles. The van der Waals surface area contributed by atoms with Crippen LogP contribution >= 0.6 is 12.6 Å². The van der Waals surface area contributed by atoms with Gasteiger partial charge in [0.2, 0.25) is 5.91 Å². The minimum Gasteiger partial charge on any atom is -0.444 e. The average Bonchev–Trinajstić information content (AvgIpc) is 2.84. The third-order valence-electron chi connectivity index (χ3n) is 6.09. The average molecular weight is 536 g/mol. The van der Waals surface area contributed by atoms with Gasteiger partial charge in [-0.2, -0.15) is 12.6 Å². The van der Waals surface area contributed by atoms with Crippen LogP contribution in [0.15, 0.2) is 60.7 Å². The molecule has 0 spiro atoms. The minimum atomic E-state index is -0.977. The van der Waals surface area contributed by atoms with Crippen molar-refractivity contribution in [3.63, 3.8) is 0 Å². The molecule has 3 aromatic rings. The number of aryl methyl sites for hydroxylation is 2. The lowest BCUT2D eigenvalue weighted by molar-refractivity contribution is -0.140. The molecule has 0 aliphatic heterocycles. The van der Waals surface area contributed by atoms with Crippen molar-refractivity contribution in [2.45, 2.75) is 59.2 Å². The molecule has 2 N–H and O–H groups in total. The van der Waals surface area contributed by atoms with Gasteiger partial charge < -0.3 is 20.3 Å². The molecule has 3 amide bonds. The second kappa shape index (κ2) is 12.3. The van der Waals surface area contributed by atoms with Crippen molar-refractivity contribution in [1.82, 2.24) is 10.2 Å². The van der Waals surface area contributed by atoms with Crippen LogP contribution in [0, 0.1) is 13.8 Å². The first-order valence-electron chi connectivity index (χ1n) is 12.7. The highest BCUT2D eigenvalue weighted by Crippen LogP contribution is 2.28. The fourth-order valence-electron chi connectivity index (χ4n) is 4.36. The summed E-state index contributed by atoms with van der Waals surface area (Å²) in [5, 5.41) is 7.68. The van der Waals surface area contributed by atoms with Crippen LogP contribution in [0.1, 0.15) is 50.4 Å². The van der Waals surface area contributed by atoms with Crippen molar-refractivity contribution in [2.24, 2.45) is 0 Å². The van der Waals surface area contributed by atoms with Crippen molar-refractivity contribution in [2.75, 3.05) is 17.6 Å². The van der Waals surface area contributed by atoms with Crippen LogP contribution in [0.5, 0.6) is 0 Å². The second-order valence-electron chi connectivity index (χ2n) is 10.3. The van der Waals surface area contributed by atoms with Gasteiger partial charge in [-0.1, -0.05) is 54.1 Å². The summed E-state index contributed by atoms with van der Waals surface area (Å²) in [5.74, 6) is -0.731. The summed E-state index contributed by atoms with van der Waals surface area (Å²) >= 11 is 4.31. The first kappa shape index (κ1) is 29.0. The van der Waals surface area contributed by atoms with E-state index < -0.39 is 29.7 Å². The maximum absolute atomic E-state index is 13.9. The number of hydrogen-bond acceptors (Lipinski definition) is 5. The molecule has 0 bridgehead atoms. The number of alkyl carbamates (subject to hydrolysis) is 1. The number of hydrogen-bond donors (Lipinski definition) is 3. The molecule has 8 heteroatoms. The lowest BCUT2D eigenvalue weighted by Crippen LogP contribution is -2.53. The first-order valence-corrected chi connectivity index (χ1v) is 13.3. The summed E-state index contributed by atoms with van der Waals surface area (Å²) in [7, 11) is 0. The van der Waals surface area contributed by atoms with E-state index in [1.54, 1.807) is 27.7 Å². The number of rotatable bonds is 8. The SMILES string of the molecule is CCN(C(=O)C(CS)NC(=O)OC(C)(C)C)C(C(=O)Nc1ccc2ccccc2c1)c1ccc(C)cc1C. The van der Waals surface area contributed by atoms with E-state index in [-0.39, 0.29) is 18.2 Å². The van der Waals surface area contributed by atoms with E-state index in [9.17, 15) is 14.4 Å². The number of likely N-dealkylation sites (N-methyl/N-ethyl adjacent to an activating group) is 1. The summed E-state index contributed by atoms with van der Waals surface area (Å²) in [6.07, 6.45) is -0.718. The van der Waals surface area contributed by atoms with Crippen molar-refractivity contribution >= 4 is 47.0 Å². The Kier molecular flexibility index (Phi) is 9.44. The normalized spacial score (nSPS) is 12.9. The van der Waals surface area contributed by atoms with Crippen LogP contribution < -0.4 is 10.6 Å². The maximum Gasteiger partial charge on any atom is 0.408 e. The van der Waals surface area contributed by atoms with Gasteiger partial charge in [-0.3, -0.25) is 9.59 Å². The van der Waals surface area contributed by atoms with E-state index in [0.717, 1.165) is 21.9 Å². The van der Waals surface area contributed by atoms with Crippen LogP contribution in [0.3, 0.4) is 0 Å². The van der Waals surface area contributed by atoms with Crippen LogP contribution in [-0.4, -0.2) is 46.7 Å². The molecule has 38 heavy (non-hydrogen) atoms. The summed E-state index contributed by atoms with van der Waals surface area (Å²) in [6, 6.07) is 17.5. The smallest absolute Gasteiger partial charge is 0.408 e. The zero-order chi connectivity index (χ0) is 28.0. The predicted molar refractivity (Wildman–Crippen MR) is 156 cm³/mol. The maximum atomic E-state index is 13.9. The van der Waals surface area contributed by atoms with Crippen LogP contribution in [0.2, 0.25) is 0 Å². The summed E-state index contributed by atoms with van der Waals surface area (Å²) in [5.41, 5.74) is 2.55. The lowest BCUT2D eigenvalue weighted by Gasteiger charge is -2.34. The molecule has 0 radical (unpaired) electrons. The zero-order valence-electron chi connectivity index (χ0n) is 22.9. The molecule has 0 saturated carbocycles. The van der Waals surface area contributed by atoms with Gasteiger partial charge in [-0.05, 0) is 75.6 Å². The molecule has 2 atom stereocenters. The number of amides is 3. The van der Waals surface area contributed by atoms with Gasteiger partial charge in [0.1, 0.15) is 17.7 Å². The minimum absolute atomic E-state index is 0.0421. The standard InChI is InChI=1S/C30H37N3O4S/c1-7-33(28(35)25(18-38)32-29(36)37-30(4,5)6)26(24-15-12-19(2)16-20(24)3)27(34)31-23-14-13-21-10-8-9-11-22(21)17-23/h8-17,25-26,38H,7,18H2,1-6H3,(H,31,34)(H,32,36). The number of fused-ring (bicyclic) bond motifs is 1. The summed E-state index contributed by atoms with van der Waals surface area (Å²) in [4.78, 5) is 41.6. The number of carbonyl (C=O) groups is 3. The largest absolute Gasteiger partial charge is 0.444 e. The number of nitrogens with zero attached hydrogens (tertiary/aromatic N) is 1. The quantitative estimate of drug-likeness (QED) is 0.318. The Morgan fingerprint density at radius 2 is 1.66 bits per heavy atom. The fraction of sp³-hybridized carbons (Fsp3) is 0.367. The predicted octanol–water partition coefficient (Wildman–Crippen LogP) is 5.81. The van der Waals surface area contributed by atoms with Gasteiger partial charge in [0.25, 0.3) is 5.91 Å². The molecule has 0 fully saturated rings. The first-order chi connectivity index (χ1) is 17.9. The van der Waals surface area contributed by atoms with Gasteiger partial charge in [-0.15, -0.1) is 0 Å². The molecule has 2 unspecified atom stereocenters. The Balaban J connectivity index is 1.96. The number of carbonyl (C=O) groups excluding carboxylic acids is 3. The van der Waals surface area contributed by atoms with Crippen molar-refractivity contribution in [3.05, 3.63) is 77.4 Å². The number of anilines is 1. The van der Waals surface area contributed by atoms with E-state index in [1.807, 2.05) is 74.5 Å². The van der Waals surface area contributed by atoms with Gasteiger partial charge in [0, 0.05) is 18.0 Å². The molecule has 0 saturated heterocycles. The van der Waals surface area contributed by atoms with Gasteiger partial charge in [-0.25, -0.2) is 4.79 Å². The molecule has 3 aromatic carbocycles. The van der Waals surface area contributed by atoms with Gasteiger partial charge in [0.15, 0.2) is 0 Å². The molecule has 0 aliphatic carbocycles. The highest BCUT2D eigenvalue weighted by molar-refractivity contribution is 7.80. The number of ether oxygens (including phenoxy) is 1. The summed E-state index contributed by atoms with van der Waals surface area (Å²) < 4.78 is 5.34. The Morgan fingerprint density at radius 1 is 0.974 bits per heavy atom.